The van der Waals surface area contributed by atoms with Crippen LogP contribution in [0.5, 0.6) is 0 Å². The minimum atomic E-state index is 1.04. The molecule has 0 aromatic heterocycles. The Hall–Kier alpha value is -2.60. The Bertz CT molecular complexity index is 1010. The number of rotatable bonds is 2. The number of hydrogen-bond acceptors (Lipinski definition) is 0. The molecule has 0 amide bonds. The van der Waals surface area contributed by atoms with Crippen LogP contribution in [-0.4, -0.2) is 0 Å². The summed E-state index contributed by atoms with van der Waals surface area (Å²) >= 11 is 0. The lowest BCUT2D eigenvalue weighted by Gasteiger charge is -2.17. The molecule has 0 heterocycles. The Morgan fingerprint density at radius 3 is 1.72 bits per heavy atom. The van der Waals surface area contributed by atoms with E-state index in [-0.39, 0.29) is 0 Å². The van der Waals surface area contributed by atoms with Crippen molar-refractivity contribution >= 4 is 21.5 Å². The minimum absolute atomic E-state index is 1.04. The zero-order chi connectivity index (χ0) is 17.8. The van der Waals surface area contributed by atoms with Crippen molar-refractivity contribution in [2.24, 2.45) is 0 Å². The third kappa shape index (κ3) is 3.05. The molecule has 4 aromatic rings. The molecule has 0 unspecified atom stereocenters. The molecule has 0 radical (unpaired) electrons. The van der Waals surface area contributed by atoms with Crippen molar-refractivity contribution in [2.45, 2.75) is 34.1 Å². The quantitative estimate of drug-likeness (QED) is 0.356. The molecule has 0 atom stereocenters. The van der Waals surface area contributed by atoms with E-state index in [1.807, 2.05) is 13.8 Å². The summed E-state index contributed by atoms with van der Waals surface area (Å²) in [4.78, 5) is 0. The molecule has 4 aromatic carbocycles. The highest BCUT2D eigenvalue weighted by atomic mass is 14.2. The monoisotopic (exact) mass is 326 g/mol. The molecule has 0 aliphatic carbocycles. The Morgan fingerprint density at radius 1 is 0.600 bits per heavy atom. The van der Waals surface area contributed by atoms with Gasteiger partial charge in [-0.1, -0.05) is 93.6 Å². The van der Waals surface area contributed by atoms with Crippen molar-refractivity contribution in [2.75, 3.05) is 0 Å². The molecule has 0 aliphatic heterocycles. The summed E-state index contributed by atoms with van der Waals surface area (Å²) in [6.07, 6.45) is 1.04. The van der Waals surface area contributed by atoms with Gasteiger partial charge in [0.15, 0.2) is 0 Å². The number of hydrogen-bond donors (Lipinski definition) is 0. The molecule has 0 nitrogen and oxygen atoms in total. The van der Waals surface area contributed by atoms with Gasteiger partial charge >= 0.3 is 0 Å². The number of fused-ring (bicyclic) bond motifs is 2. The summed E-state index contributed by atoms with van der Waals surface area (Å²) in [6.45, 7) is 8.47. The van der Waals surface area contributed by atoms with Crippen LogP contribution < -0.4 is 0 Å². The van der Waals surface area contributed by atoms with Gasteiger partial charge in [-0.3, -0.25) is 0 Å². The Labute approximate surface area is 151 Å². The van der Waals surface area contributed by atoms with Crippen LogP contribution >= 0.6 is 0 Å². The molecule has 0 bridgehead atoms. The lowest BCUT2D eigenvalue weighted by atomic mass is 9.87. The van der Waals surface area contributed by atoms with E-state index >= 15 is 0 Å². The summed E-state index contributed by atoms with van der Waals surface area (Å²) in [5.41, 5.74) is 5.55. The third-order valence-corrected chi connectivity index (χ3v) is 4.78. The van der Waals surface area contributed by atoms with Gasteiger partial charge in [0.05, 0.1) is 0 Å². The second kappa shape index (κ2) is 7.53. The van der Waals surface area contributed by atoms with Gasteiger partial charge in [-0.15, -0.1) is 0 Å². The van der Waals surface area contributed by atoms with Crippen LogP contribution in [0.3, 0.4) is 0 Å². The molecular weight excluding hydrogens is 300 g/mol. The minimum Gasteiger partial charge on any atom is -0.0683 e. The molecule has 0 heteroatoms. The van der Waals surface area contributed by atoms with E-state index in [2.05, 4.69) is 86.6 Å². The van der Waals surface area contributed by atoms with Gasteiger partial charge in [0.25, 0.3) is 0 Å². The van der Waals surface area contributed by atoms with Crippen LogP contribution in [0.1, 0.15) is 31.9 Å². The van der Waals surface area contributed by atoms with Crippen LogP contribution in [-0.2, 0) is 6.42 Å². The Balaban J connectivity index is 0.000000880. The van der Waals surface area contributed by atoms with Gasteiger partial charge in [-0.2, -0.15) is 0 Å². The van der Waals surface area contributed by atoms with Gasteiger partial charge in [0.1, 0.15) is 0 Å². The highest BCUT2D eigenvalue weighted by Gasteiger charge is 2.14. The lowest BCUT2D eigenvalue weighted by molar-refractivity contribution is 1.15. The predicted molar refractivity (Wildman–Crippen MR) is 112 cm³/mol. The van der Waals surface area contributed by atoms with E-state index in [0.717, 1.165) is 6.42 Å². The van der Waals surface area contributed by atoms with Crippen LogP contribution in [0.15, 0.2) is 72.8 Å². The maximum Gasteiger partial charge on any atom is -0.00645 e. The van der Waals surface area contributed by atoms with Crippen LogP contribution in [0, 0.1) is 6.92 Å². The molecule has 25 heavy (non-hydrogen) atoms. The third-order valence-electron chi connectivity index (χ3n) is 4.78. The van der Waals surface area contributed by atoms with Crippen molar-refractivity contribution in [1.82, 2.24) is 0 Å². The van der Waals surface area contributed by atoms with Gasteiger partial charge in [-0.25, -0.2) is 0 Å². The normalized spacial score (nSPS) is 10.6. The van der Waals surface area contributed by atoms with Crippen LogP contribution in [0.25, 0.3) is 32.7 Å². The Morgan fingerprint density at radius 2 is 1.12 bits per heavy atom. The molecular formula is C25H26. The predicted octanol–water partition coefficient (Wildman–Crippen LogP) is 7.56. The lowest BCUT2D eigenvalue weighted by Crippen LogP contribution is -1.93. The summed E-state index contributed by atoms with van der Waals surface area (Å²) in [7, 11) is 0. The molecule has 0 spiro atoms. The molecule has 0 N–H and O–H groups in total. The first-order valence-corrected chi connectivity index (χ1v) is 9.29. The van der Waals surface area contributed by atoms with E-state index in [1.165, 1.54) is 43.8 Å². The van der Waals surface area contributed by atoms with Gasteiger partial charge in [0.2, 0.25) is 0 Å². The summed E-state index contributed by atoms with van der Waals surface area (Å²) in [5.74, 6) is 0. The van der Waals surface area contributed by atoms with Crippen molar-refractivity contribution in [3.63, 3.8) is 0 Å². The molecule has 0 aliphatic rings. The fourth-order valence-electron chi connectivity index (χ4n) is 3.62. The second-order valence-corrected chi connectivity index (χ2v) is 6.15. The average molecular weight is 326 g/mol. The summed E-state index contributed by atoms with van der Waals surface area (Å²) in [6, 6.07) is 26.4. The molecule has 0 fully saturated rings. The van der Waals surface area contributed by atoms with Crippen LogP contribution in [0.2, 0.25) is 0 Å². The first kappa shape index (κ1) is 17.2. The zero-order valence-electron chi connectivity index (χ0n) is 15.6. The maximum atomic E-state index is 2.29. The fourth-order valence-corrected chi connectivity index (χ4v) is 3.62. The summed E-state index contributed by atoms with van der Waals surface area (Å²) < 4.78 is 0. The Kier molecular flexibility index (Phi) is 5.19. The molecule has 126 valence electrons. The molecule has 0 saturated carbocycles. The standard InChI is InChI=1S/C23H20.C2H6/c1-3-17-14-15-19-9-5-7-11-21(19)23(17)22-16(2)12-13-18-8-4-6-10-20(18)22;1-2/h4-15H,3H2,1-2H3;1-2H3. The van der Waals surface area contributed by atoms with E-state index in [0.29, 0.717) is 0 Å². The van der Waals surface area contributed by atoms with Crippen LogP contribution in [0.4, 0.5) is 0 Å². The van der Waals surface area contributed by atoms with Crippen molar-refractivity contribution < 1.29 is 0 Å². The van der Waals surface area contributed by atoms with Gasteiger partial charge in [-0.05, 0) is 57.1 Å². The van der Waals surface area contributed by atoms with Crippen molar-refractivity contribution in [1.29, 1.82) is 0 Å². The molecule has 0 saturated heterocycles. The summed E-state index contributed by atoms with van der Waals surface area (Å²) in [5, 5.41) is 5.32. The number of aryl methyl sites for hydroxylation is 2. The van der Waals surface area contributed by atoms with Gasteiger partial charge < -0.3 is 0 Å². The van der Waals surface area contributed by atoms with E-state index in [1.54, 1.807) is 0 Å². The fraction of sp³-hybridized carbons (Fsp3) is 0.200. The van der Waals surface area contributed by atoms with Crippen molar-refractivity contribution in [3.05, 3.63) is 83.9 Å². The van der Waals surface area contributed by atoms with E-state index in [4.69, 9.17) is 0 Å². The van der Waals surface area contributed by atoms with E-state index in [9.17, 15) is 0 Å². The zero-order valence-corrected chi connectivity index (χ0v) is 15.6. The highest BCUT2D eigenvalue weighted by molar-refractivity contribution is 6.07. The number of benzene rings is 4. The average Bonchev–Trinajstić information content (AvgIpc) is 2.69. The largest absolute Gasteiger partial charge is 0.0683 e. The highest BCUT2D eigenvalue weighted by Crippen LogP contribution is 2.38. The van der Waals surface area contributed by atoms with E-state index < -0.39 is 0 Å². The van der Waals surface area contributed by atoms with Crippen molar-refractivity contribution in [3.8, 4) is 11.1 Å². The first-order valence-electron chi connectivity index (χ1n) is 9.29. The first-order chi connectivity index (χ1) is 12.3. The SMILES string of the molecule is CC.CCc1ccc2ccccc2c1-c1c(C)ccc2ccccc12. The smallest absolute Gasteiger partial charge is 0.00645 e. The van der Waals surface area contributed by atoms with Gasteiger partial charge in [0, 0.05) is 0 Å². The second-order valence-electron chi connectivity index (χ2n) is 6.15. The maximum absolute atomic E-state index is 2.29. The topological polar surface area (TPSA) is 0 Å². The molecule has 4 rings (SSSR count).